The first kappa shape index (κ1) is 16.8. The van der Waals surface area contributed by atoms with Crippen LogP contribution in [0.3, 0.4) is 0 Å². The van der Waals surface area contributed by atoms with Gasteiger partial charge in [-0.2, -0.15) is 0 Å². The molecule has 1 aliphatic carbocycles. The summed E-state index contributed by atoms with van der Waals surface area (Å²) in [5.74, 6) is 0.608. The molecule has 0 saturated heterocycles. The highest BCUT2D eigenvalue weighted by Gasteiger charge is 2.33. The molecule has 0 aliphatic heterocycles. The molecule has 0 radical (unpaired) electrons. The monoisotopic (exact) mass is 340 g/mol. The molecule has 2 aromatic rings. The van der Waals surface area contributed by atoms with Crippen LogP contribution in [0.25, 0.3) is 11.1 Å². The molecule has 0 aromatic heterocycles. The lowest BCUT2D eigenvalue weighted by Crippen LogP contribution is -2.24. The number of amides is 2. The first-order chi connectivity index (χ1) is 11.7. The van der Waals surface area contributed by atoms with Crippen molar-refractivity contribution in [1.29, 1.82) is 0 Å². The molecule has 0 saturated carbocycles. The first-order valence-electron chi connectivity index (χ1n) is 7.91. The fourth-order valence-corrected chi connectivity index (χ4v) is 3.33. The average Bonchev–Trinajstić information content (AvgIpc) is 2.83. The topological polar surface area (TPSA) is 105 Å². The molecule has 25 heavy (non-hydrogen) atoms. The minimum absolute atomic E-state index is 0.270. The van der Waals surface area contributed by atoms with Crippen LogP contribution in [0.2, 0.25) is 0 Å². The van der Waals surface area contributed by atoms with Gasteiger partial charge in [-0.15, -0.1) is 0 Å². The summed E-state index contributed by atoms with van der Waals surface area (Å²) in [7, 11) is 0. The van der Waals surface area contributed by atoms with Crippen molar-refractivity contribution >= 4 is 12.2 Å². The summed E-state index contributed by atoms with van der Waals surface area (Å²) in [4.78, 5) is 22.9. The predicted molar refractivity (Wildman–Crippen MR) is 93.8 cm³/mol. The molecule has 2 amide bonds. The zero-order valence-corrected chi connectivity index (χ0v) is 14.4. The Labute approximate surface area is 145 Å². The lowest BCUT2D eigenvalue weighted by atomic mass is 9.83. The van der Waals surface area contributed by atoms with E-state index < -0.39 is 17.6 Å². The normalized spacial score (nSPS) is 12.3. The van der Waals surface area contributed by atoms with Crippen molar-refractivity contribution in [2.75, 3.05) is 0 Å². The number of carbonyl (C=O) groups is 2. The quantitative estimate of drug-likeness (QED) is 0.745. The van der Waals surface area contributed by atoms with Crippen molar-refractivity contribution < 1.29 is 19.1 Å². The fraction of sp³-hybridized carbons (Fsp3) is 0.263. The van der Waals surface area contributed by atoms with Gasteiger partial charge < -0.3 is 20.9 Å². The summed E-state index contributed by atoms with van der Waals surface area (Å²) in [5.41, 5.74) is 14.4. The number of carbonyl (C=O) groups excluding carboxylic acids is 2. The van der Waals surface area contributed by atoms with Gasteiger partial charge in [0.15, 0.2) is 0 Å². The number of rotatable bonds is 2. The van der Waals surface area contributed by atoms with Gasteiger partial charge in [-0.1, -0.05) is 45.0 Å². The smallest absolute Gasteiger partial charge is 0.409 e. The minimum Gasteiger partial charge on any atom is -0.410 e. The molecule has 130 valence electrons. The van der Waals surface area contributed by atoms with E-state index in [2.05, 4.69) is 0 Å². The van der Waals surface area contributed by atoms with E-state index in [1.54, 1.807) is 6.07 Å². The van der Waals surface area contributed by atoms with E-state index in [9.17, 15) is 9.59 Å². The molecule has 0 heterocycles. The highest BCUT2D eigenvalue weighted by atomic mass is 16.6. The Bertz CT molecular complexity index is 882. The molecule has 1 aliphatic rings. The number of primary amides is 2. The maximum Gasteiger partial charge on any atom is 0.409 e. The third-order valence-corrected chi connectivity index (χ3v) is 4.19. The summed E-state index contributed by atoms with van der Waals surface area (Å²) in [6, 6.07) is 9.63. The van der Waals surface area contributed by atoms with Gasteiger partial charge in [0.05, 0.1) is 0 Å². The van der Waals surface area contributed by atoms with Crippen LogP contribution in [-0.2, 0) is 11.8 Å². The second kappa shape index (κ2) is 5.81. The Morgan fingerprint density at radius 3 is 2.24 bits per heavy atom. The standard InChI is InChI=1S/C19H20N2O4/c1-19(2,3)15-14(24-17(20)22)9-12-11-7-5-4-6-10(11)8-13(12)16(15)25-18(21)23/h4-7,9H,8H2,1-3H3,(H2,20,22)(H2,21,23). The van der Waals surface area contributed by atoms with Crippen LogP contribution in [0.5, 0.6) is 11.5 Å². The molecule has 0 atom stereocenters. The SMILES string of the molecule is CC(C)(C)c1c(OC(N)=O)cc2c(c1OC(N)=O)Cc1ccccc1-2. The number of hydrogen-bond donors (Lipinski definition) is 2. The maximum absolute atomic E-state index is 11.5. The van der Waals surface area contributed by atoms with Crippen LogP contribution in [0.15, 0.2) is 30.3 Å². The lowest BCUT2D eigenvalue weighted by Gasteiger charge is -2.26. The molecular formula is C19H20N2O4. The predicted octanol–water partition coefficient (Wildman–Crippen LogP) is 3.47. The van der Waals surface area contributed by atoms with Crippen LogP contribution < -0.4 is 20.9 Å². The van der Waals surface area contributed by atoms with Gasteiger partial charge in [0.25, 0.3) is 0 Å². The molecule has 2 aromatic carbocycles. The van der Waals surface area contributed by atoms with Crippen molar-refractivity contribution in [1.82, 2.24) is 0 Å². The van der Waals surface area contributed by atoms with E-state index in [1.165, 1.54) is 0 Å². The number of benzene rings is 2. The summed E-state index contributed by atoms with van der Waals surface area (Å²) < 4.78 is 10.6. The van der Waals surface area contributed by atoms with E-state index in [0.29, 0.717) is 17.7 Å². The van der Waals surface area contributed by atoms with E-state index in [1.807, 2.05) is 45.0 Å². The Hall–Kier alpha value is -3.02. The molecule has 4 N–H and O–H groups in total. The molecule has 0 fully saturated rings. The van der Waals surface area contributed by atoms with Crippen LogP contribution in [0, 0.1) is 0 Å². The van der Waals surface area contributed by atoms with Gasteiger partial charge in [-0.3, -0.25) is 0 Å². The number of ether oxygens (including phenoxy) is 2. The lowest BCUT2D eigenvalue weighted by molar-refractivity contribution is 0.207. The highest BCUT2D eigenvalue weighted by Crippen LogP contribution is 2.50. The van der Waals surface area contributed by atoms with Crippen LogP contribution in [0.4, 0.5) is 9.59 Å². The van der Waals surface area contributed by atoms with Gasteiger partial charge in [0.2, 0.25) is 0 Å². The molecule has 6 nitrogen and oxygen atoms in total. The zero-order valence-electron chi connectivity index (χ0n) is 14.4. The van der Waals surface area contributed by atoms with E-state index in [4.69, 9.17) is 20.9 Å². The molecule has 0 unspecified atom stereocenters. The van der Waals surface area contributed by atoms with Crippen molar-refractivity contribution in [2.24, 2.45) is 11.5 Å². The van der Waals surface area contributed by atoms with Gasteiger partial charge in [0.1, 0.15) is 11.5 Å². The van der Waals surface area contributed by atoms with Gasteiger partial charge >= 0.3 is 12.2 Å². The van der Waals surface area contributed by atoms with Crippen molar-refractivity contribution in [3.63, 3.8) is 0 Å². The summed E-state index contributed by atoms with van der Waals surface area (Å²) in [6.07, 6.45) is -1.24. The van der Waals surface area contributed by atoms with E-state index in [0.717, 1.165) is 22.3 Å². The maximum atomic E-state index is 11.5. The fourth-order valence-electron chi connectivity index (χ4n) is 3.33. The first-order valence-corrected chi connectivity index (χ1v) is 7.91. The highest BCUT2D eigenvalue weighted by molar-refractivity contribution is 5.85. The van der Waals surface area contributed by atoms with Crippen molar-refractivity contribution in [2.45, 2.75) is 32.6 Å². The Balaban J connectivity index is 2.34. The van der Waals surface area contributed by atoms with Gasteiger partial charge in [-0.05, 0) is 28.2 Å². The Morgan fingerprint density at radius 1 is 1.00 bits per heavy atom. The average molecular weight is 340 g/mol. The molecule has 0 bridgehead atoms. The second-order valence-corrected chi connectivity index (χ2v) is 7.03. The molecule has 6 heteroatoms. The van der Waals surface area contributed by atoms with E-state index >= 15 is 0 Å². The number of hydrogen-bond acceptors (Lipinski definition) is 4. The third kappa shape index (κ3) is 3.03. The van der Waals surface area contributed by atoms with Crippen molar-refractivity contribution in [3.8, 4) is 22.6 Å². The second-order valence-electron chi connectivity index (χ2n) is 7.03. The molecular weight excluding hydrogens is 320 g/mol. The number of fused-ring (bicyclic) bond motifs is 3. The van der Waals surface area contributed by atoms with Crippen LogP contribution >= 0.6 is 0 Å². The van der Waals surface area contributed by atoms with Crippen LogP contribution in [0.1, 0.15) is 37.5 Å². The molecule has 3 rings (SSSR count). The summed E-state index contributed by atoms with van der Waals surface area (Å²) in [5, 5.41) is 0. The van der Waals surface area contributed by atoms with Gasteiger partial charge in [0, 0.05) is 17.5 Å². The summed E-state index contributed by atoms with van der Waals surface area (Å²) >= 11 is 0. The van der Waals surface area contributed by atoms with Crippen molar-refractivity contribution in [3.05, 3.63) is 47.0 Å². The van der Waals surface area contributed by atoms with E-state index in [-0.39, 0.29) is 5.75 Å². The third-order valence-electron chi connectivity index (χ3n) is 4.19. The Morgan fingerprint density at radius 2 is 1.64 bits per heavy atom. The largest absolute Gasteiger partial charge is 0.410 e. The van der Waals surface area contributed by atoms with Crippen LogP contribution in [-0.4, -0.2) is 12.2 Å². The molecule has 0 spiro atoms. The number of nitrogens with two attached hydrogens (primary N) is 2. The van der Waals surface area contributed by atoms with Gasteiger partial charge in [-0.25, -0.2) is 9.59 Å². The Kier molecular flexibility index (Phi) is 3.91. The summed E-state index contributed by atoms with van der Waals surface area (Å²) in [6.45, 7) is 5.79. The zero-order chi connectivity index (χ0) is 18.4. The minimum atomic E-state index is -0.929.